The quantitative estimate of drug-likeness (QED) is 0.837. The SMILES string of the molecule is Cc1ccc(C(N)CNC2(C)CCCC2)cc1. The predicted octanol–water partition coefficient (Wildman–Crippen LogP) is 2.92. The minimum atomic E-state index is 0.105. The monoisotopic (exact) mass is 232 g/mol. The molecule has 1 atom stereocenters. The smallest absolute Gasteiger partial charge is 0.0421 e. The van der Waals surface area contributed by atoms with E-state index in [0.717, 1.165) is 6.54 Å². The molecule has 1 fully saturated rings. The van der Waals surface area contributed by atoms with Gasteiger partial charge >= 0.3 is 0 Å². The number of hydrogen-bond acceptors (Lipinski definition) is 2. The number of aryl methyl sites for hydroxylation is 1. The summed E-state index contributed by atoms with van der Waals surface area (Å²) in [5.74, 6) is 0. The Morgan fingerprint density at radius 2 is 1.82 bits per heavy atom. The molecule has 2 nitrogen and oxygen atoms in total. The summed E-state index contributed by atoms with van der Waals surface area (Å²) in [5.41, 5.74) is 9.06. The van der Waals surface area contributed by atoms with Crippen LogP contribution in [0.25, 0.3) is 0 Å². The Kier molecular flexibility index (Phi) is 3.85. The second-order valence-electron chi connectivity index (χ2n) is 5.67. The molecule has 1 aromatic rings. The maximum Gasteiger partial charge on any atom is 0.0421 e. The van der Waals surface area contributed by atoms with E-state index in [-0.39, 0.29) is 6.04 Å². The number of rotatable bonds is 4. The Hall–Kier alpha value is -0.860. The molecule has 2 heteroatoms. The Labute approximate surface area is 105 Å². The van der Waals surface area contributed by atoms with E-state index in [4.69, 9.17) is 5.73 Å². The molecule has 94 valence electrons. The van der Waals surface area contributed by atoms with Crippen LogP contribution in [0.2, 0.25) is 0 Å². The number of hydrogen-bond donors (Lipinski definition) is 2. The summed E-state index contributed by atoms with van der Waals surface area (Å²) in [7, 11) is 0. The second-order valence-corrected chi connectivity index (χ2v) is 5.67. The van der Waals surface area contributed by atoms with E-state index < -0.39 is 0 Å². The fraction of sp³-hybridized carbons (Fsp3) is 0.600. The highest BCUT2D eigenvalue weighted by Crippen LogP contribution is 2.29. The van der Waals surface area contributed by atoms with Crippen molar-refractivity contribution in [3.63, 3.8) is 0 Å². The topological polar surface area (TPSA) is 38.0 Å². The van der Waals surface area contributed by atoms with Crippen LogP contribution >= 0.6 is 0 Å². The maximum atomic E-state index is 6.22. The summed E-state index contributed by atoms with van der Waals surface area (Å²) in [6.07, 6.45) is 5.27. The molecular formula is C15H24N2. The lowest BCUT2D eigenvalue weighted by Crippen LogP contribution is -2.43. The van der Waals surface area contributed by atoms with Gasteiger partial charge in [-0.15, -0.1) is 0 Å². The predicted molar refractivity (Wildman–Crippen MR) is 73.0 cm³/mol. The molecule has 0 aliphatic heterocycles. The molecule has 1 aliphatic rings. The summed E-state index contributed by atoms with van der Waals surface area (Å²) < 4.78 is 0. The van der Waals surface area contributed by atoms with Crippen LogP contribution in [0.3, 0.4) is 0 Å². The van der Waals surface area contributed by atoms with E-state index in [1.807, 2.05) is 0 Å². The summed E-state index contributed by atoms with van der Waals surface area (Å²) in [4.78, 5) is 0. The molecule has 0 radical (unpaired) electrons. The van der Waals surface area contributed by atoms with Crippen molar-refractivity contribution in [3.05, 3.63) is 35.4 Å². The van der Waals surface area contributed by atoms with Crippen molar-refractivity contribution >= 4 is 0 Å². The van der Waals surface area contributed by atoms with Crippen LogP contribution in [0.4, 0.5) is 0 Å². The fourth-order valence-corrected chi connectivity index (χ4v) is 2.62. The van der Waals surface area contributed by atoms with Crippen molar-refractivity contribution in [1.82, 2.24) is 5.32 Å². The first-order chi connectivity index (χ1) is 8.09. The molecule has 1 unspecified atom stereocenters. The van der Waals surface area contributed by atoms with Gasteiger partial charge in [0.1, 0.15) is 0 Å². The standard InChI is InChI=1S/C15H24N2/c1-12-5-7-13(8-6-12)14(16)11-17-15(2)9-3-4-10-15/h5-8,14,17H,3-4,9-11,16H2,1-2H3. The van der Waals surface area contributed by atoms with E-state index in [9.17, 15) is 0 Å². The lowest BCUT2D eigenvalue weighted by atomic mass is 9.99. The van der Waals surface area contributed by atoms with Gasteiger partial charge in [-0.25, -0.2) is 0 Å². The van der Waals surface area contributed by atoms with Crippen molar-refractivity contribution in [3.8, 4) is 0 Å². The highest BCUT2D eigenvalue weighted by Gasteiger charge is 2.28. The largest absolute Gasteiger partial charge is 0.323 e. The van der Waals surface area contributed by atoms with Crippen LogP contribution in [0, 0.1) is 6.92 Å². The molecule has 1 aromatic carbocycles. The van der Waals surface area contributed by atoms with Crippen LogP contribution in [-0.2, 0) is 0 Å². The van der Waals surface area contributed by atoms with E-state index in [0.29, 0.717) is 5.54 Å². The van der Waals surface area contributed by atoms with Crippen LogP contribution in [-0.4, -0.2) is 12.1 Å². The third-order valence-electron chi connectivity index (χ3n) is 3.96. The maximum absolute atomic E-state index is 6.22. The Balaban J connectivity index is 1.88. The molecule has 0 amide bonds. The van der Waals surface area contributed by atoms with Gasteiger partial charge in [0, 0.05) is 18.1 Å². The molecule has 1 saturated carbocycles. The molecule has 1 aliphatic carbocycles. The Morgan fingerprint density at radius 1 is 1.24 bits per heavy atom. The van der Waals surface area contributed by atoms with E-state index in [1.165, 1.54) is 36.8 Å². The van der Waals surface area contributed by atoms with E-state index in [1.54, 1.807) is 0 Å². The molecule has 0 spiro atoms. The van der Waals surface area contributed by atoms with Crippen molar-refractivity contribution in [2.75, 3.05) is 6.54 Å². The highest BCUT2D eigenvalue weighted by atomic mass is 15.0. The van der Waals surface area contributed by atoms with Crippen molar-refractivity contribution in [2.45, 2.75) is 51.1 Å². The normalized spacial score (nSPS) is 20.4. The van der Waals surface area contributed by atoms with Gasteiger partial charge in [-0.05, 0) is 32.3 Å². The molecule has 17 heavy (non-hydrogen) atoms. The number of benzene rings is 1. The first-order valence-electron chi connectivity index (χ1n) is 6.66. The zero-order valence-corrected chi connectivity index (χ0v) is 11.0. The molecule has 0 heterocycles. The molecule has 0 saturated heterocycles. The van der Waals surface area contributed by atoms with Gasteiger partial charge in [0.15, 0.2) is 0 Å². The van der Waals surface area contributed by atoms with Crippen molar-refractivity contribution < 1.29 is 0 Å². The number of nitrogens with two attached hydrogens (primary N) is 1. The first kappa shape index (κ1) is 12.6. The van der Waals surface area contributed by atoms with Gasteiger partial charge in [0.05, 0.1) is 0 Å². The van der Waals surface area contributed by atoms with Crippen LogP contribution in [0.5, 0.6) is 0 Å². The van der Waals surface area contributed by atoms with Gasteiger partial charge in [0.2, 0.25) is 0 Å². The van der Waals surface area contributed by atoms with Gasteiger partial charge in [-0.2, -0.15) is 0 Å². The molecule has 2 rings (SSSR count). The molecular weight excluding hydrogens is 208 g/mol. The lowest BCUT2D eigenvalue weighted by Gasteiger charge is -2.27. The first-order valence-corrected chi connectivity index (χ1v) is 6.66. The van der Waals surface area contributed by atoms with Crippen LogP contribution in [0.15, 0.2) is 24.3 Å². The van der Waals surface area contributed by atoms with E-state index >= 15 is 0 Å². The van der Waals surface area contributed by atoms with Gasteiger partial charge in [0.25, 0.3) is 0 Å². The third-order valence-corrected chi connectivity index (χ3v) is 3.96. The Bertz CT molecular complexity index is 350. The fourth-order valence-electron chi connectivity index (χ4n) is 2.62. The zero-order valence-electron chi connectivity index (χ0n) is 11.0. The van der Waals surface area contributed by atoms with Gasteiger partial charge in [-0.1, -0.05) is 42.7 Å². The Morgan fingerprint density at radius 3 is 2.41 bits per heavy atom. The number of nitrogens with one attached hydrogen (secondary N) is 1. The highest BCUT2D eigenvalue weighted by molar-refractivity contribution is 5.24. The lowest BCUT2D eigenvalue weighted by molar-refractivity contribution is 0.353. The zero-order chi connectivity index (χ0) is 12.3. The van der Waals surface area contributed by atoms with Crippen molar-refractivity contribution in [2.24, 2.45) is 5.73 Å². The summed E-state index contributed by atoms with van der Waals surface area (Å²) in [5, 5.41) is 3.65. The van der Waals surface area contributed by atoms with Crippen LogP contribution in [0.1, 0.15) is 49.8 Å². The summed E-state index contributed by atoms with van der Waals surface area (Å²) >= 11 is 0. The van der Waals surface area contributed by atoms with Gasteiger partial charge in [-0.3, -0.25) is 0 Å². The van der Waals surface area contributed by atoms with E-state index in [2.05, 4.69) is 43.4 Å². The van der Waals surface area contributed by atoms with Gasteiger partial charge < -0.3 is 11.1 Å². The second kappa shape index (κ2) is 5.19. The average Bonchev–Trinajstić information content (AvgIpc) is 2.75. The third kappa shape index (κ3) is 3.30. The molecule has 3 N–H and O–H groups in total. The van der Waals surface area contributed by atoms with Crippen molar-refractivity contribution in [1.29, 1.82) is 0 Å². The molecule has 0 aromatic heterocycles. The average molecular weight is 232 g/mol. The molecule has 0 bridgehead atoms. The summed E-state index contributed by atoms with van der Waals surface area (Å²) in [6, 6.07) is 8.64. The minimum Gasteiger partial charge on any atom is -0.323 e. The minimum absolute atomic E-state index is 0.105. The summed E-state index contributed by atoms with van der Waals surface area (Å²) in [6.45, 7) is 5.30. The van der Waals surface area contributed by atoms with Crippen LogP contribution < -0.4 is 11.1 Å².